The zero-order valence-corrected chi connectivity index (χ0v) is 17.1. The first-order chi connectivity index (χ1) is 13.9. The third-order valence-electron chi connectivity index (χ3n) is 5.09. The van der Waals surface area contributed by atoms with Crippen molar-refractivity contribution in [2.75, 3.05) is 25.1 Å². The summed E-state index contributed by atoms with van der Waals surface area (Å²) in [5.74, 6) is 0.0357. The van der Waals surface area contributed by atoms with E-state index in [1.54, 1.807) is 11.0 Å². The van der Waals surface area contributed by atoms with Gasteiger partial charge in [0.2, 0.25) is 5.91 Å². The van der Waals surface area contributed by atoms with Gasteiger partial charge >= 0.3 is 0 Å². The second kappa shape index (κ2) is 9.20. The highest BCUT2D eigenvalue weighted by Crippen LogP contribution is 2.30. The lowest BCUT2D eigenvalue weighted by Crippen LogP contribution is -2.53. The lowest BCUT2D eigenvalue weighted by Gasteiger charge is -2.41. The molecular weight excluding hydrogens is 368 g/mol. The van der Waals surface area contributed by atoms with Gasteiger partial charge in [-0.05, 0) is 42.2 Å². The van der Waals surface area contributed by atoms with E-state index in [1.807, 2.05) is 63.2 Å². The van der Waals surface area contributed by atoms with Gasteiger partial charge in [-0.25, -0.2) is 0 Å². The van der Waals surface area contributed by atoms with Crippen molar-refractivity contribution < 1.29 is 19.4 Å². The number of carbonyl (C=O) groups excluding carboxylic acids is 2. The number of nitrogens with zero attached hydrogens (tertiary/aromatic N) is 1. The normalized spacial score (nSPS) is 19.5. The molecule has 1 aliphatic heterocycles. The first-order valence-corrected chi connectivity index (χ1v) is 9.89. The molecule has 6 heteroatoms. The molecule has 2 aromatic rings. The third-order valence-corrected chi connectivity index (χ3v) is 5.09. The molecule has 2 aromatic carbocycles. The van der Waals surface area contributed by atoms with Gasteiger partial charge in [0.15, 0.2) is 0 Å². The van der Waals surface area contributed by atoms with Gasteiger partial charge < -0.3 is 20.1 Å². The van der Waals surface area contributed by atoms with Crippen molar-refractivity contribution >= 4 is 17.5 Å². The summed E-state index contributed by atoms with van der Waals surface area (Å²) in [6.07, 6.45) is -0.405. The van der Waals surface area contributed by atoms with Gasteiger partial charge in [-0.2, -0.15) is 0 Å². The molecule has 1 heterocycles. The molecule has 6 nitrogen and oxygen atoms in total. The maximum atomic E-state index is 12.5. The molecule has 2 N–H and O–H groups in total. The summed E-state index contributed by atoms with van der Waals surface area (Å²) in [7, 11) is 0. The molecule has 29 heavy (non-hydrogen) atoms. The summed E-state index contributed by atoms with van der Waals surface area (Å²) in [5, 5.41) is 12.8. The molecule has 3 rings (SSSR count). The number of aliphatic hydroxyl groups excluding tert-OH is 1. The van der Waals surface area contributed by atoms with Crippen molar-refractivity contribution in [3.63, 3.8) is 0 Å². The molecule has 0 aliphatic carbocycles. The van der Waals surface area contributed by atoms with Gasteiger partial charge in [-0.15, -0.1) is 0 Å². The van der Waals surface area contributed by atoms with Gasteiger partial charge in [0.05, 0.1) is 12.6 Å². The van der Waals surface area contributed by atoms with E-state index in [4.69, 9.17) is 4.74 Å². The van der Waals surface area contributed by atoms with E-state index < -0.39 is 12.1 Å². The molecule has 2 atom stereocenters. The molecule has 0 saturated carbocycles. The zero-order valence-electron chi connectivity index (χ0n) is 17.1. The van der Waals surface area contributed by atoms with Crippen LogP contribution in [0.4, 0.5) is 5.69 Å². The van der Waals surface area contributed by atoms with Gasteiger partial charge in [0.1, 0.15) is 12.7 Å². The Labute approximate surface area is 171 Å². The topological polar surface area (TPSA) is 78.9 Å². The molecule has 0 unspecified atom stereocenters. The predicted molar refractivity (Wildman–Crippen MR) is 112 cm³/mol. The number of carbonyl (C=O) groups is 2. The van der Waals surface area contributed by atoms with Crippen LogP contribution >= 0.6 is 0 Å². The Morgan fingerprint density at radius 1 is 1.21 bits per heavy atom. The van der Waals surface area contributed by atoms with E-state index >= 15 is 0 Å². The largest absolute Gasteiger partial charge is 0.394 e. The second-order valence-corrected chi connectivity index (χ2v) is 7.81. The van der Waals surface area contributed by atoms with E-state index in [9.17, 15) is 14.7 Å². The molecule has 1 fully saturated rings. The number of anilines is 1. The predicted octanol–water partition coefficient (Wildman–Crippen LogP) is 3.16. The van der Waals surface area contributed by atoms with Crippen molar-refractivity contribution in [1.82, 2.24) is 4.90 Å². The summed E-state index contributed by atoms with van der Waals surface area (Å²) >= 11 is 0. The summed E-state index contributed by atoms with van der Waals surface area (Å²) in [6, 6.07) is 14.4. The molecule has 154 valence electrons. The van der Waals surface area contributed by atoms with E-state index in [0.29, 0.717) is 23.7 Å². The molecule has 1 aliphatic rings. The van der Waals surface area contributed by atoms with Crippen molar-refractivity contribution in [3.8, 4) is 0 Å². The van der Waals surface area contributed by atoms with Crippen LogP contribution in [0.1, 0.15) is 41.4 Å². The standard InChI is InChI=1S/C23H28N2O4/c1-15(2)12-25-20(13-26)22(29-14-21(25)27)17-8-10-18(11-9-17)24-23(28)19-7-5-4-6-16(19)3/h4-11,15,20,22,26H,12-14H2,1-3H3,(H,24,28)/t20-,22-/m1/s1. The lowest BCUT2D eigenvalue weighted by atomic mass is 9.98. The van der Waals surface area contributed by atoms with Crippen LogP contribution in [0.25, 0.3) is 0 Å². The van der Waals surface area contributed by atoms with E-state index in [2.05, 4.69) is 5.32 Å². The molecule has 0 bridgehead atoms. The minimum Gasteiger partial charge on any atom is -0.394 e. The number of hydrogen-bond acceptors (Lipinski definition) is 4. The molecule has 2 amide bonds. The quantitative estimate of drug-likeness (QED) is 0.786. The molecule has 1 saturated heterocycles. The molecule has 0 spiro atoms. The van der Waals surface area contributed by atoms with Crippen molar-refractivity contribution in [2.45, 2.75) is 32.9 Å². The average Bonchev–Trinajstić information content (AvgIpc) is 2.70. The fraction of sp³-hybridized carbons (Fsp3) is 0.391. The van der Waals surface area contributed by atoms with Gasteiger partial charge in [-0.3, -0.25) is 9.59 Å². The Bertz CT molecular complexity index is 863. The van der Waals surface area contributed by atoms with Crippen molar-refractivity contribution in [3.05, 3.63) is 65.2 Å². The number of morpholine rings is 1. The molecule has 0 aromatic heterocycles. The molecule has 0 radical (unpaired) electrons. The van der Waals surface area contributed by atoms with E-state index in [0.717, 1.165) is 11.1 Å². The summed E-state index contributed by atoms with van der Waals surface area (Å²) in [6.45, 7) is 6.39. The number of benzene rings is 2. The fourth-order valence-electron chi connectivity index (χ4n) is 3.63. The average molecular weight is 396 g/mol. The number of rotatable bonds is 6. The fourth-order valence-corrected chi connectivity index (χ4v) is 3.63. The van der Waals surface area contributed by atoms with Crippen LogP contribution in [0.2, 0.25) is 0 Å². The van der Waals surface area contributed by atoms with Crippen LogP contribution in [-0.4, -0.2) is 47.6 Å². The van der Waals surface area contributed by atoms with Crippen molar-refractivity contribution in [2.24, 2.45) is 5.92 Å². The highest BCUT2D eigenvalue weighted by atomic mass is 16.5. The Kier molecular flexibility index (Phi) is 6.67. The minimum absolute atomic E-state index is 0.000339. The zero-order chi connectivity index (χ0) is 21.0. The SMILES string of the molecule is Cc1ccccc1C(=O)Nc1ccc([C@H]2OCC(=O)N(CC(C)C)[C@@H]2CO)cc1. The van der Waals surface area contributed by atoms with Crippen LogP contribution in [0.15, 0.2) is 48.5 Å². The first kappa shape index (κ1) is 21.0. The number of nitrogens with one attached hydrogen (secondary N) is 1. The highest BCUT2D eigenvalue weighted by molar-refractivity contribution is 6.05. The van der Waals surface area contributed by atoms with Crippen LogP contribution in [0.3, 0.4) is 0 Å². The van der Waals surface area contributed by atoms with Gasteiger partial charge in [0, 0.05) is 17.8 Å². The highest BCUT2D eigenvalue weighted by Gasteiger charge is 2.37. The van der Waals surface area contributed by atoms with E-state index in [1.165, 1.54) is 0 Å². The second-order valence-electron chi connectivity index (χ2n) is 7.81. The monoisotopic (exact) mass is 396 g/mol. The van der Waals surface area contributed by atoms with Crippen molar-refractivity contribution in [1.29, 1.82) is 0 Å². The Morgan fingerprint density at radius 2 is 1.90 bits per heavy atom. The summed E-state index contributed by atoms with van der Waals surface area (Å²) in [4.78, 5) is 26.5. The Balaban J connectivity index is 1.74. The number of aliphatic hydroxyl groups is 1. The third kappa shape index (κ3) is 4.83. The maximum absolute atomic E-state index is 12.5. The van der Waals surface area contributed by atoms with Crippen LogP contribution < -0.4 is 5.32 Å². The number of ether oxygens (including phenoxy) is 1. The molecular formula is C23H28N2O4. The number of aryl methyl sites for hydroxylation is 1. The van der Waals surface area contributed by atoms with Crippen LogP contribution in [0, 0.1) is 12.8 Å². The Hall–Kier alpha value is -2.70. The minimum atomic E-state index is -0.425. The first-order valence-electron chi connectivity index (χ1n) is 9.89. The smallest absolute Gasteiger partial charge is 0.255 e. The lowest BCUT2D eigenvalue weighted by molar-refractivity contribution is -0.161. The van der Waals surface area contributed by atoms with Crippen LogP contribution in [0.5, 0.6) is 0 Å². The van der Waals surface area contributed by atoms with Gasteiger partial charge in [-0.1, -0.05) is 44.2 Å². The summed E-state index contributed by atoms with van der Waals surface area (Å²) < 4.78 is 5.76. The number of hydrogen-bond donors (Lipinski definition) is 2. The summed E-state index contributed by atoms with van der Waals surface area (Å²) in [5.41, 5.74) is 3.08. The Morgan fingerprint density at radius 3 is 2.52 bits per heavy atom. The van der Waals surface area contributed by atoms with Gasteiger partial charge in [0.25, 0.3) is 5.91 Å². The van der Waals surface area contributed by atoms with Crippen LogP contribution in [-0.2, 0) is 9.53 Å². The van der Waals surface area contributed by atoms with E-state index in [-0.39, 0.29) is 25.0 Å². The maximum Gasteiger partial charge on any atom is 0.255 e. The number of amides is 2.